The third-order valence-electron chi connectivity index (χ3n) is 2.64. The molecule has 3 aromatic rings. The minimum atomic E-state index is 0.783. The Hall–Kier alpha value is -1.47. The van der Waals surface area contributed by atoms with Crippen molar-refractivity contribution in [3.63, 3.8) is 0 Å². The van der Waals surface area contributed by atoms with Crippen molar-refractivity contribution in [1.29, 1.82) is 0 Å². The van der Waals surface area contributed by atoms with Crippen LogP contribution in [-0.4, -0.2) is 25.9 Å². The summed E-state index contributed by atoms with van der Waals surface area (Å²) >= 11 is 5.09. The Balaban J connectivity index is 1.73. The van der Waals surface area contributed by atoms with Gasteiger partial charge < -0.3 is 9.72 Å². The van der Waals surface area contributed by atoms with Crippen LogP contribution in [0.2, 0.25) is 0 Å². The van der Waals surface area contributed by atoms with Crippen LogP contribution in [0.25, 0.3) is 5.65 Å². The van der Waals surface area contributed by atoms with Crippen molar-refractivity contribution in [1.82, 2.24) is 19.4 Å². The number of nitrogens with zero attached hydrogens (tertiary/aromatic N) is 4. The van der Waals surface area contributed by atoms with Crippen LogP contribution in [0, 0.1) is 6.92 Å². The minimum Gasteiger partial charge on any atom is -0.367 e. The Kier molecular flexibility index (Phi) is 3.48. The number of fused-ring (bicyclic) bond motifs is 1. The molecule has 0 fully saturated rings. The summed E-state index contributed by atoms with van der Waals surface area (Å²) < 4.78 is 2.72. The second kappa shape index (κ2) is 5.26. The van der Waals surface area contributed by atoms with Gasteiger partial charge in [-0.25, -0.2) is 15.0 Å². The van der Waals surface area contributed by atoms with Crippen LogP contribution in [0.1, 0.15) is 10.7 Å². The van der Waals surface area contributed by atoms with Crippen molar-refractivity contribution in [3.8, 4) is 0 Å². The quantitative estimate of drug-likeness (QED) is 0.795. The van der Waals surface area contributed by atoms with Gasteiger partial charge in [0.05, 0.1) is 5.01 Å². The molecule has 0 amide bonds. The SMILES string of the molecule is Cc1csc(CCNc2nc(Br)cn3ccnc23)n1. The van der Waals surface area contributed by atoms with E-state index in [1.54, 1.807) is 17.5 Å². The average Bonchev–Trinajstić information content (AvgIpc) is 2.98. The van der Waals surface area contributed by atoms with Crippen molar-refractivity contribution >= 4 is 38.7 Å². The summed E-state index contributed by atoms with van der Waals surface area (Å²) in [7, 11) is 0. The average molecular weight is 338 g/mol. The van der Waals surface area contributed by atoms with Crippen LogP contribution in [0.3, 0.4) is 0 Å². The van der Waals surface area contributed by atoms with Gasteiger partial charge in [-0.1, -0.05) is 0 Å². The van der Waals surface area contributed by atoms with Gasteiger partial charge in [0.15, 0.2) is 11.5 Å². The third kappa shape index (κ3) is 2.76. The maximum Gasteiger partial charge on any atom is 0.180 e. The zero-order chi connectivity index (χ0) is 13.2. The van der Waals surface area contributed by atoms with E-state index < -0.39 is 0 Å². The number of anilines is 1. The molecule has 0 atom stereocenters. The van der Waals surface area contributed by atoms with Crippen molar-refractivity contribution < 1.29 is 0 Å². The molecule has 3 aromatic heterocycles. The second-order valence-corrected chi connectivity index (χ2v) is 5.88. The fourth-order valence-corrected chi connectivity index (χ4v) is 3.00. The first kappa shape index (κ1) is 12.6. The summed E-state index contributed by atoms with van der Waals surface area (Å²) in [5.74, 6) is 0.785. The standard InChI is InChI=1S/C12H12BrN5S/c1-8-7-19-10(16-8)2-3-14-11-12-15-4-5-18(12)6-9(13)17-11/h4-7H,2-3H2,1H3,(H,14,17). The van der Waals surface area contributed by atoms with Crippen LogP contribution in [0.15, 0.2) is 28.6 Å². The van der Waals surface area contributed by atoms with Gasteiger partial charge in [-0.2, -0.15) is 0 Å². The highest BCUT2D eigenvalue weighted by Gasteiger charge is 2.06. The summed E-state index contributed by atoms with van der Waals surface area (Å²) in [5.41, 5.74) is 1.91. The van der Waals surface area contributed by atoms with Crippen molar-refractivity contribution in [2.24, 2.45) is 0 Å². The Morgan fingerprint density at radius 3 is 3.11 bits per heavy atom. The van der Waals surface area contributed by atoms with Crippen molar-refractivity contribution in [2.75, 3.05) is 11.9 Å². The van der Waals surface area contributed by atoms with Crippen LogP contribution in [0.4, 0.5) is 5.82 Å². The molecule has 19 heavy (non-hydrogen) atoms. The normalized spacial score (nSPS) is 11.1. The molecule has 3 rings (SSSR count). The summed E-state index contributed by atoms with van der Waals surface area (Å²) in [4.78, 5) is 13.1. The molecule has 0 spiro atoms. The van der Waals surface area contributed by atoms with E-state index in [0.29, 0.717) is 0 Å². The van der Waals surface area contributed by atoms with E-state index in [4.69, 9.17) is 0 Å². The van der Waals surface area contributed by atoms with Crippen LogP contribution in [0.5, 0.6) is 0 Å². The lowest BCUT2D eigenvalue weighted by Gasteiger charge is -2.06. The molecule has 0 bridgehead atoms. The molecular weight excluding hydrogens is 326 g/mol. The number of aryl methyl sites for hydroxylation is 1. The lowest BCUT2D eigenvalue weighted by atomic mass is 10.4. The molecule has 1 N–H and O–H groups in total. The van der Waals surface area contributed by atoms with Crippen LogP contribution < -0.4 is 5.32 Å². The van der Waals surface area contributed by atoms with Crippen LogP contribution in [-0.2, 0) is 6.42 Å². The number of aromatic nitrogens is 4. The third-order valence-corrected chi connectivity index (χ3v) is 4.05. The number of thiazole rings is 1. The lowest BCUT2D eigenvalue weighted by Crippen LogP contribution is -2.08. The fraction of sp³-hybridized carbons (Fsp3) is 0.250. The summed E-state index contributed by atoms with van der Waals surface area (Å²) in [6, 6.07) is 0. The molecule has 3 heterocycles. The predicted molar refractivity (Wildman–Crippen MR) is 79.7 cm³/mol. The first-order chi connectivity index (χ1) is 9.22. The molecule has 0 aliphatic carbocycles. The van der Waals surface area contributed by atoms with E-state index in [2.05, 4.69) is 41.6 Å². The first-order valence-corrected chi connectivity index (χ1v) is 7.54. The maximum atomic E-state index is 4.44. The van der Waals surface area contributed by atoms with Gasteiger partial charge in [0.1, 0.15) is 4.60 Å². The molecule has 0 aliphatic rings. The van der Waals surface area contributed by atoms with Gasteiger partial charge in [0, 0.05) is 42.6 Å². The zero-order valence-corrected chi connectivity index (χ0v) is 12.7. The Labute approximate surface area is 122 Å². The predicted octanol–water partition coefficient (Wildman–Crippen LogP) is 2.91. The molecule has 0 unspecified atom stereocenters. The van der Waals surface area contributed by atoms with Gasteiger partial charge in [-0.15, -0.1) is 11.3 Å². The van der Waals surface area contributed by atoms with Gasteiger partial charge >= 0.3 is 0 Å². The highest BCUT2D eigenvalue weighted by molar-refractivity contribution is 9.10. The topological polar surface area (TPSA) is 55.1 Å². The van der Waals surface area contributed by atoms with Gasteiger partial charge in [0.2, 0.25) is 0 Å². The van der Waals surface area contributed by atoms with E-state index in [0.717, 1.165) is 39.7 Å². The number of hydrogen-bond acceptors (Lipinski definition) is 5. The molecular formula is C12H12BrN5S. The van der Waals surface area contributed by atoms with Gasteiger partial charge in [0.25, 0.3) is 0 Å². The second-order valence-electron chi connectivity index (χ2n) is 4.13. The van der Waals surface area contributed by atoms with Crippen molar-refractivity contribution in [3.05, 3.63) is 39.3 Å². The largest absolute Gasteiger partial charge is 0.367 e. The molecule has 0 saturated heterocycles. The molecule has 0 saturated carbocycles. The minimum absolute atomic E-state index is 0.783. The maximum absolute atomic E-state index is 4.44. The summed E-state index contributed by atoms with van der Waals surface area (Å²) in [6.45, 7) is 2.80. The fourth-order valence-electron chi connectivity index (χ4n) is 1.83. The number of rotatable bonds is 4. The molecule has 7 heteroatoms. The molecule has 0 aliphatic heterocycles. The summed E-state index contributed by atoms with van der Waals surface area (Å²) in [6.07, 6.45) is 6.44. The van der Waals surface area contributed by atoms with E-state index in [-0.39, 0.29) is 0 Å². The Morgan fingerprint density at radius 2 is 2.32 bits per heavy atom. The lowest BCUT2D eigenvalue weighted by molar-refractivity contribution is 0.970. The molecule has 5 nitrogen and oxygen atoms in total. The van der Waals surface area contributed by atoms with E-state index in [1.807, 2.05) is 23.7 Å². The molecule has 0 aromatic carbocycles. The number of imidazole rings is 1. The Bertz CT molecular complexity index is 705. The van der Waals surface area contributed by atoms with Gasteiger partial charge in [-0.05, 0) is 22.9 Å². The number of hydrogen-bond donors (Lipinski definition) is 1. The number of nitrogens with one attached hydrogen (secondary N) is 1. The van der Waals surface area contributed by atoms with Crippen LogP contribution >= 0.6 is 27.3 Å². The van der Waals surface area contributed by atoms with E-state index in [9.17, 15) is 0 Å². The first-order valence-electron chi connectivity index (χ1n) is 5.86. The summed E-state index contributed by atoms with van der Waals surface area (Å²) in [5, 5.41) is 6.52. The number of halogens is 1. The highest BCUT2D eigenvalue weighted by atomic mass is 79.9. The smallest absolute Gasteiger partial charge is 0.180 e. The van der Waals surface area contributed by atoms with E-state index >= 15 is 0 Å². The molecule has 0 radical (unpaired) electrons. The van der Waals surface area contributed by atoms with E-state index in [1.165, 1.54) is 0 Å². The zero-order valence-electron chi connectivity index (χ0n) is 10.3. The molecule has 98 valence electrons. The Morgan fingerprint density at radius 1 is 1.42 bits per heavy atom. The monoisotopic (exact) mass is 337 g/mol. The highest BCUT2D eigenvalue weighted by Crippen LogP contribution is 2.17. The van der Waals surface area contributed by atoms with Gasteiger partial charge in [-0.3, -0.25) is 0 Å². The van der Waals surface area contributed by atoms with Crippen molar-refractivity contribution in [2.45, 2.75) is 13.3 Å².